The normalized spacial score (nSPS) is 17.4. The largest absolute Gasteiger partial charge is 0.481 e. The van der Waals surface area contributed by atoms with E-state index in [2.05, 4.69) is 14.9 Å². The Labute approximate surface area is 121 Å². The molecule has 0 saturated carbocycles. The van der Waals surface area contributed by atoms with Gasteiger partial charge in [0, 0.05) is 12.5 Å². The van der Waals surface area contributed by atoms with Gasteiger partial charge in [0.25, 0.3) is 0 Å². The summed E-state index contributed by atoms with van der Waals surface area (Å²) in [6.07, 6.45) is 2.08. The first-order valence-corrected chi connectivity index (χ1v) is 7.21. The second-order valence-corrected chi connectivity index (χ2v) is 5.54. The number of rotatable bonds is 4. The summed E-state index contributed by atoms with van der Waals surface area (Å²) in [5, 5.41) is 8.70. The summed E-state index contributed by atoms with van der Waals surface area (Å²) in [4.78, 5) is 20.5. The van der Waals surface area contributed by atoms with E-state index in [1.165, 1.54) is 12.1 Å². The number of carboxylic acids is 1. The predicted octanol–water partition coefficient (Wildman–Crippen LogP) is 2.36. The molecule has 1 fully saturated rings. The second-order valence-electron chi connectivity index (χ2n) is 5.54. The van der Waals surface area contributed by atoms with E-state index in [1.807, 2.05) is 0 Å². The maximum absolute atomic E-state index is 13.2. The monoisotopic (exact) mass is 291 g/mol. The van der Waals surface area contributed by atoms with E-state index in [-0.39, 0.29) is 12.2 Å². The number of piperidine rings is 1. The maximum Gasteiger partial charge on any atom is 0.304 e. The van der Waals surface area contributed by atoms with Crippen molar-refractivity contribution in [3.8, 4) is 0 Å². The number of aliphatic carboxylic acids is 1. The summed E-state index contributed by atoms with van der Waals surface area (Å²) in [5.74, 6) is 0.229. The Morgan fingerprint density at radius 3 is 2.90 bits per heavy atom. The van der Waals surface area contributed by atoms with Gasteiger partial charge in [0.05, 0.1) is 17.5 Å². The Bertz CT molecular complexity index is 647. The van der Waals surface area contributed by atoms with Gasteiger partial charge in [-0.1, -0.05) is 0 Å². The van der Waals surface area contributed by atoms with Crippen molar-refractivity contribution in [2.24, 2.45) is 0 Å². The van der Waals surface area contributed by atoms with Gasteiger partial charge in [0.1, 0.15) is 11.6 Å². The second kappa shape index (κ2) is 5.81. The first-order chi connectivity index (χ1) is 10.1. The van der Waals surface area contributed by atoms with Crippen molar-refractivity contribution in [2.75, 3.05) is 19.6 Å². The number of benzene rings is 1. The van der Waals surface area contributed by atoms with Crippen LogP contribution in [0, 0.1) is 5.82 Å². The Hall–Kier alpha value is -1.95. The molecule has 1 aliphatic heterocycles. The van der Waals surface area contributed by atoms with Gasteiger partial charge < -0.3 is 15.0 Å². The zero-order valence-electron chi connectivity index (χ0n) is 11.7. The third-order valence-corrected chi connectivity index (χ3v) is 4.08. The number of nitrogens with one attached hydrogen (secondary N) is 1. The highest BCUT2D eigenvalue weighted by molar-refractivity contribution is 5.75. The number of H-pyrrole nitrogens is 1. The van der Waals surface area contributed by atoms with E-state index in [0.717, 1.165) is 42.8 Å². The highest BCUT2D eigenvalue weighted by Gasteiger charge is 2.23. The average molecular weight is 291 g/mol. The third-order valence-electron chi connectivity index (χ3n) is 4.08. The van der Waals surface area contributed by atoms with Crippen molar-refractivity contribution in [3.63, 3.8) is 0 Å². The van der Waals surface area contributed by atoms with Crippen LogP contribution in [0.2, 0.25) is 0 Å². The predicted molar refractivity (Wildman–Crippen MR) is 76.7 cm³/mol. The molecule has 3 rings (SSSR count). The Morgan fingerprint density at radius 2 is 2.19 bits per heavy atom. The summed E-state index contributed by atoms with van der Waals surface area (Å²) in [6.45, 7) is 2.36. The number of halogens is 1. The minimum atomic E-state index is -0.753. The van der Waals surface area contributed by atoms with Gasteiger partial charge in [-0.25, -0.2) is 9.37 Å². The fraction of sp³-hybridized carbons (Fsp3) is 0.467. The molecule has 2 heterocycles. The van der Waals surface area contributed by atoms with Gasteiger partial charge in [-0.15, -0.1) is 0 Å². The lowest BCUT2D eigenvalue weighted by Gasteiger charge is -2.30. The number of likely N-dealkylation sites (tertiary alicyclic amines) is 1. The van der Waals surface area contributed by atoms with Crippen molar-refractivity contribution < 1.29 is 14.3 Å². The van der Waals surface area contributed by atoms with Gasteiger partial charge in [-0.3, -0.25) is 4.79 Å². The van der Waals surface area contributed by atoms with Crippen LogP contribution in [0.3, 0.4) is 0 Å². The smallest absolute Gasteiger partial charge is 0.304 e. The van der Waals surface area contributed by atoms with E-state index in [0.29, 0.717) is 12.5 Å². The summed E-state index contributed by atoms with van der Waals surface area (Å²) in [7, 11) is 0. The molecule has 0 aliphatic carbocycles. The van der Waals surface area contributed by atoms with Crippen LogP contribution in [0.4, 0.5) is 4.39 Å². The van der Waals surface area contributed by atoms with E-state index in [9.17, 15) is 9.18 Å². The number of hydrogen-bond donors (Lipinski definition) is 2. The van der Waals surface area contributed by atoms with Crippen LogP contribution < -0.4 is 0 Å². The zero-order valence-corrected chi connectivity index (χ0v) is 11.7. The number of imidazole rings is 1. The number of carbonyl (C=O) groups is 1. The van der Waals surface area contributed by atoms with Crippen LogP contribution in [-0.2, 0) is 4.79 Å². The topological polar surface area (TPSA) is 69.2 Å². The van der Waals surface area contributed by atoms with Crippen LogP contribution >= 0.6 is 0 Å². The molecule has 2 N–H and O–H groups in total. The lowest BCUT2D eigenvalue weighted by molar-refractivity contribution is -0.137. The minimum absolute atomic E-state index is 0.189. The highest BCUT2D eigenvalue weighted by Crippen LogP contribution is 2.27. The van der Waals surface area contributed by atoms with E-state index in [1.54, 1.807) is 6.07 Å². The van der Waals surface area contributed by atoms with Gasteiger partial charge in [-0.05, 0) is 44.1 Å². The standard InChI is InChI=1S/C15H18FN3O2/c16-11-1-2-12-13(9-11)18-15(17-12)10-3-6-19(7-4-10)8-5-14(20)21/h1-2,9-10H,3-8H2,(H,17,18)(H,20,21). The first-order valence-electron chi connectivity index (χ1n) is 7.21. The number of aromatic amines is 1. The minimum Gasteiger partial charge on any atom is -0.481 e. The molecular weight excluding hydrogens is 273 g/mol. The molecule has 0 radical (unpaired) electrons. The van der Waals surface area contributed by atoms with Crippen molar-refractivity contribution in [1.82, 2.24) is 14.9 Å². The highest BCUT2D eigenvalue weighted by atomic mass is 19.1. The number of aromatic nitrogens is 2. The van der Waals surface area contributed by atoms with Gasteiger partial charge in [0.2, 0.25) is 0 Å². The quantitative estimate of drug-likeness (QED) is 0.907. The Morgan fingerprint density at radius 1 is 1.43 bits per heavy atom. The van der Waals surface area contributed by atoms with Crippen molar-refractivity contribution >= 4 is 17.0 Å². The maximum atomic E-state index is 13.2. The Kier molecular flexibility index (Phi) is 3.88. The summed E-state index contributed by atoms with van der Waals surface area (Å²) in [6, 6.07) is 4.57. The first kappa shape index (κ1) is 14.0. The molecule has 2 aromatic rings. The number of carboxylic acid groups (broad SMARTS) is 1. The van der Waals surface area contributed by atoms with Crippen LogP contribution in [0.5, 0.6) is 0 Å². The molecule has 0 unspecified atom stereocenters. The average Bonchev–Trinajstić information content (AvgIpc) is 2.88. The van der Waals surface area contributed by atoms with E-state index >= 15 is 0 Å². The molecule has 1 aromatic carbocycles. The molecule has 0 amide bonds. The molecular formula is C15H18FN3O2. The van der Waals surface area contributed by atoms with Crippen LogP contribution in [0.15, 0.2) is 18.2 Å². The fourth-order valence-electron chi connectivity index (χ4n) is 2.88. The van der Waals surface area contributed by atoms with Crippen LogP contribution in [0.25, 0.3) is 11.0 Å². The molecule has 0 bridgehead atoms. The number of fused-ring (bicyclic) bond motifs is 1. The Balaban J connectivity index is 1.64. The lowest BCUT2D eigenvalue weighted by Crippen LogP contribution is -2.34. The number of nitrogens with zero attached hydrogens (tertiary/aromatic N) is 2. The van der Waals surface area contributed by atoms with E-state index < -0.39 is 5.97 Å². The third kappa shape index (κ3) is 3.21. The molecule has 21 heavy (non-hydrogen) atoms. The fourth-order valence-corrected chi connectivity index (χ4v) is 2.88. The SMILES string of the molecule is O=C(O)CCN1CCC(c2nc3ccc(F)cc3[nH]2)CC1. The van der Waals surface area contributed by atoms with Crippen LogP contribution in [-0.4, -0.2) is 45.6 Å². The van der Waals surface area contributed by atoms with Gasteiger partial charge in [0.15, 0.2) is 0 Å². The van der Waals surface area contributed by atoms with Crippen molar-refractivity contribution in [1.29, 1.82) is 0 Å². The molecule has 6 heteroatoms. The van der Waals surface area contributed by atoms with Crippen molar-refractivity contribution in [2.45, 2.75) is 25.2 Å². The summed E-state index contributed by atoms with van der Waals surface area (Å²) in [5.41, 5.74) is 1.53. The van der Waals surface area contributed by atoms with E-state index in [4.69, 9.17) is 5.11 Å². The van der Waals surface area contributed by atoms with Gasteiger partial charge in [-0.2, -0.15) is 0 Å². The van der Waals surface area contributed by atoms with Crippen molar-refractivity contribution in [3.05, 3.63) is 29.8 Å². The van der Waals surface area contributed by atoms with Crippen LogP contribution in [0.1, 0.15) is 31.0 Å². The molecule has 1 aromatic heterocycles. The molecule has 112 valence electrons. The number of hydrogen-bond acceptors (Lipinski definition) is 3. The zero-order chi connectivity index (χ0) is 14.8. The molecule has 1 aliphatic rings. The summed E-state index contributed by atoms with van der Waals surface area (Å²) < 4.78 is 13.2. The molecule has 1 saturated heterocycles. The van der Waals surface area contributed by atoms with Gasteiger partial charge >= 0.3 is 5.97 Å². The molecule has 5 nitrogen and oxygen atoms in total. The molecule has 0 spiro atoms. The summed E-state index contributed by atoms with van der Waals surface area (Å²) >= 11 is 0. The molecule has 0 atom stereocenters. The lowest BCUT2D eigenvalue weighted by atomic mass is 9.96.